The average Bonchev–Trinajstić information content (AvgIpc) is 3.04. The highest BCUT2D eigenvalue weighted by molar-refractivity contribution is 5.94. The number of carbonyl (C=O) groups is 1. The molecule has 2 aromatic rings. The lowest BCUT2D eigenvalue weighted by atomic mass is 10.1. The minimum absolute atomic E-state index is 0.153. The van der Waals surface area contributed by atoms with Crippen molar-refractivity contribution in [2.75, 3.05) is 19.7 Å². The molecule has 3 nitrogen and oxygen atoms in total. The minimum Gasteiger partial charge on any atom is -0.494 e. The molecular formula is C20H23NO2. The lowest BCUT2D eigenvalue weighted by molar-refractivity contribution is 0.0785. The first-order valence-corrected chi connectivity index (χ1v) is 8.26. The Balaban J connectivity index is 1.47. The number of amides is 1. The van der Waals surface area contributed by atoms with Crippen LogP contribution in [0.4, 0.5) is 0 Å². The predicted molar refractivity (Wildman–Crippen MR) is 91.7 cm³/mol. The van der Waals surface area contributed by atoms with Crippen molar-refractivity contribution in [2.24, 2.45) is 5.92 Å². The van der Waals surface area contributed by atoms with Gasteiger partial charge in [0.05, 0.1) is 6.61 Å². The number of aryl methyl sites for hydroxylation is 1. The van der Waals surface area contributed by atoms with Gasteiger partial charge in [-0.1, -0.05) is 35.9 Å². The zero-order valence-electron chi connectivity index (χ0n) is 13.6. The molecule has 0 N–H and O–H groups in total. The third-order valence-corrected chi connectivity index (χ3v) is 4.38. The smallest absolute Gasteiger partial charge is 0.253 e. The van der Waals surface area contributed by atoms with Crippen molar-refractivity contribution < 1.29 is 9.53 Å². The van der Waals surface area contributed by atoms with Gasteiger partial charge in [0.25, 0.3) is 5.91 Å². The van der Waals surface area contributed by atoms with Crippen LogP contribution in [0.15, 0.2) is 54.6 Å². The quantitative estimate of drug-likeness (QED) is 0.837. The summed E-state index contributed by atoms with van der Waals surface area (Å²) in [6, 6.07) is 17.7. The summed E-state index contributed by atoms with van der Waals surface area (Å²) in [4.78, 5) is 14.5. The van der Waals surface area contributed by atoms with E-state index in [2.05, 4.69) is 0 Å². The monoisotopic (exact) mass is 309 g/mol. The number of rotatable bonds is 5. The number of benzene rings is 2. The molecule has 0 bridgehead atoms. The van der Waals surface area contributed by atoms with Crippen LogP contribution >= 0.6 is 0 Å². The Morgan fingerprint density at radius 1 is 1.17 bits per heavy atom. The van der Waals surface area contributed by atoms with E-state index in [-0.39, 0.29) is 5.91 Å². The van der Waals surface area contributed by atoms with Crippen molar-refractivity contribution in [2.45, 2.75) is 19.8 Å². The van der Waals surface area contributed by atoms with E-state index in [4.69, 9.17) is 4.74 Å². The Morgan fingerprint density at radius 3 is 2.78 bits per heavy atom. The largest absolute Gasteiger partial charge is 0.494 e. The van der Waals surface area contributed by atoms with Gasteiger partial charge in [0.15, 0.2) is 0 Å². The van der Waals surface area contributed by atoms with E-state index in [1.807, 2.05) is 66.4 Å². The van der Waals surface area contributed by atoms with Crippen molar-refractivity contribution in [1.29, 1.82) is 0 Å². The third kappa shape index (κ3) is 4.13. The van der Waals surface area contributed by atoms with Gasteiger partial charge in [-0.15, -0.1) is 0 Å². The summed E-state index contributed by atoms with van der Waals surface area (Å²) in [7, 11) is 0. The summed E-state index contributed by atoms with van der Waals surface area (Å²) in [5.74, 6) is 1.60. The molecule has 0 aromatic heterocycles. The standard InChI is InChI=1S/C20H23NO2/c1-16-6-5-7-18(14-16)20(22)21-12-10-17(15-21)11-13-23-19-8-3-2-4-9-19/h2-9,14,17H,10-13,15H2,1H3. The first-order valence-electron chi connectivity index (χ1n) is 8.26. The molecule has 3 heteroatoms. The number of para-hydroxylation sites is 1. The highest BCUT2D eigenvalue weighted by Crippen LogP contribution is 2.22. The average molecular weight is 309 g/mol. The van der Waals surface area contributed by atoms with Crippen molar-refractivity contribution in [3.63, 3.8) is 0 Å². The second kappa shape index (κ2) is 7.32. The van der Waals surface area contributed by atoms with Gasteiger partial charge in [-0.2, -0.15) is 0 Å². The van der Waals surface area contributed by atoms with Crippen LogP contribution in [0.1, 0.15) is 28.8 Å². The molecule has 0 spiro atoms. The molecular weight excluding hydrogens is 286 g/mol. The van der Waals surface area contributed by atoms with Gasteiger partial charge in [0.1, 0.15) is 5.75 Å². The van der Waals surface area contributed by atoms with Gasteiger partial charge in [0, 0.05) is 18.7 Å². The maximum Gasteiger partial charge on any atom is 0.253 e. The number of hydrogen-bond acceptors (Lipinski definition) is 2. The summed E-state index contributed by atoms with van der Waals surface area (Å²) < 4.78 is 5.76. The van der Waals surface area contributed by atoms with Gasteiger partial charge >= 0.3 is 0 Å². The molecule has 120 valence electrons. The first-order chi connectivity index (χ1) is 11.2. The Kier molecular flexibility index (Phi) is 4.96. The molecule has 0 radical (unpaired) electrons. The van der Waals surface area contributed by atoms with Crippen molar-refractivity contribution >= 4 is 5.91 Å². The second-order valence-corrected chi connectivity index (χ2v) is 6.23. The fourth-order valence-electron chi connectivity index (χ4n) is 3.07. The lowest BCUT2D eigenvalue weighted by Crippen LogP contribution is -2.28. The molecule has 23 heavy (non-hydrogen) atoms. The normalized spacial score (nSPS) is 17.3. The van der Waals surface area contributed by atoms with Crippen LogP contribution in [0.25, 0.3) is 0 Å². The van der Waals surface area contributed by atoms with E-state index < -0.39 is 0 Å². The minimum atomic E-state index is 0.153. The molecule has 2 aromatic carbocycles. The van der Waals surface area contributed by atoms with Gasteiger partial charge in [-0.05, 0) is 49.9 Å². The zero-order valence-corrected chi connectivity index (χ0v) is 13.6. The van der Waals surface area contributed by atoms with E-state index in [9.17, 15) is 4.79 Å². The molecule has 3 rings (SSSR count). The van der Waals surface area contributed by atoms with E-state index >= 15 is 0 Å². The van der Waals surface area contributed by atoms with Crippen LogP contribution < -0.4 is 4.74 Å². The van der Waals surface area contributed by atoms with Crippen molar-refractivity contribution in [1.82, 2.24) is 4.90 Å². The number of carbonyl (C=O) groups excluding carboxylic acids is 1. The first kappa shape index (κ1) is 15.6. The van der Waals surface area contributed by atoms with E-state index in [0.29, 0.717) is 12.5 Å². The molecule has 1 aliphatic heterocycles. The maximum atomic E-state index is 12.5. The summed E-state index contributed by atoms with van der Waals surface area (Å²) in [5, 5.41) is 0. The highest BCUT2D eigenvalue weighted by Gasteiger charge is 2.26. The fraction of sp³-hybridized carbons (Fsp3) is 0.350. The number of likely N-dealkylation sites (tertiary alicyclic amines) is 1. The lowest BCUT2D eigenvalue weighted by Gasteiger charge is -2.17. The maximum absolute atomic E-state index is 12.5. The van der Waals surface area contributed by atoms with E-state index in [1.165, 1.54) is 0 Å². The van der Waals surface area contributed by atoms with Gasteiger partial charge < -0.3 is 9.64 Å². The topological polar surface area (TPSA) is 29.5 Å². The van der Waals surface area contributed by atoms with E-state index in [1.54, 1.807) is 0 Å². The zero-order chi connectivity index (χ0) is 16.1. The number of hydrogen-bond donors (Lipinski definition) is 0. The SMILES string of the molecule is Cc1cccc(C(=O)N2CCC(CCOc3ccccc3)C2)c1. The van der Waals surface area contributed by atoms with Crippen LogP contribution in [0.5, 0.6) is 5.75 Å². The highest BCUT2D eigenvalue weighted by atomic mass is 16.5. The molecule has 1 unspecified atom stereocenters. The molecule has 1 aliphatic rings. The third-order valence-electron chi connectivity index (χ3n) is 4.38. The molecule has 1 amide bonds. The van der Waals surface area contributed by atoms with Crippen molar-refractivity contribution in [3.05, 3.63) is 65.7 Å². The molecule has 1 heterocycles. The summed E-state index contributed by atoms with van der Waals surface area (Å²) >= 11 is 0. The van der Waals surface area contributed by atoms with Gasteiger partial charge in [-0.25, -0.2) is 0 Å². The summed E-state index contributed by atoms with van der Waals surface area (Å²) in [6.45, 7) is 4.42. The van der Waals surface area contributed by atoms with Crippen LogP contribution in [-0.2, 0) is 0 Å². The van der Waals surface area contributed by atoms with Crippen molar-refractivity contribution in [3.8, 4) is 5.75 Å². The van der Waals surface area contributed by atoms with E-state index in [0.717, 1.165) is 42.8 Å². The van der Waals surface area contributed by atoms with Gasteiger partial charge in [-0.3, -0.25) is 4.79 Å². The van der Waals surface area contributed by atoms with Crippen LogP contribution in [-0.4, -0.2) is 30.5 Å². The Hall–Kier alpha value is -2.29. The number of nitrogens with zero attached hydrogens (tertiary/aromatic N) is 1. The Morgan fingerprint density at radius 2 is 2.00 bits per heavy atom. The Labute approximate surface area is 137 Å². The second-order valence-electron chi connectivity index (χ2n) is 6.23. The Bertz CT molecular complexity index is 654. The molecule has 1 fully saturated rings. The molecule has 0 aliphatic carbocycles. The van der Waals surface area contributed by atoms with Crippen LogP contribution in [0, 0.1) is 12.8 Å². The number of ether oxygens (including phenoxy) is 1. The molecule has 1 saturated heterocycles. The van der Waals surface area contributed by atoms with Gasteiger partial charge in [0.2, 0.25) is 0 Å². The summed E-state index contributed by atoms with van der Waals surface area (Å²) in [5.41, 5.74) is 1.93. The van der Waals surface area contributed by atoms with Crippen LogP contribution in [0.2, 0.25) is 0 Å². The molecule has 1 atom stereocenters. The fourth-order valence-corrected chi connectivity index (χ4v) is 3.07. The molecule has 0 saturated carbocycles. The van der Waals surface area contributed by atoms with Crippen LogP contribution in [0.3, 0.4) is 0 Å². The predicted octanol–water partition coefficient (Wildman–Crippen LogP) is 3.93. The summed E-state index contributed by atoms with van der Waals surface area (Å²) in [6.07, 6.45) is 2.06.